The fourth-order valence-corrected chi connectivity index (χ4v) is 1.49. The smallest absolute Gasteiger partial charge is 0.286 e. The maximum atomic E-state index is 13.7. The normalized spacial score (nSPS) is 11.9. The number of pyridine rings is 1. The predicted octanol–water partition coefficient (Wildman–Crippen LogP) is 3.29. The summed E-state index contributed by atoms with van der Waals surface area (Å²) in [5.74, 6) is -2.96. The quantitative estimate of drug-likeness (QED) is 0.760. The average Bonchev–Trinajstić information content (AvgIpc) is 2.41. The summed E-state index contributed by atoms with van der Waals surface area (Å²) in [7, 11) is 0. The summed E-state index contributed by atoms with van der Waals surface area (Å²) < 4.78 is 27.4. The second kappa shape index (κ2) is 5.49. The van der Waals surface area contributed by atoms with E-state index in [1.807, 2.05) is 30.3 Å². The Labute approximate surface area is 104 Å². The van der Waals surface area contributed by atoms with Crippen LogP contribution in [-0.4, -0.2) is 17.7 Å². The first-order valence-electron chi connectivity index (χ1n) is 5.52. The van der Waals surface area contributed by atoms with Crippen LogP contribution in [0.5, 0.6) is 0 Å². The van der Waals surface area contributed by atoms with Crippen molar-refractivity contribution >= 4 is 6.21 Å². The van der Waals surface area contributed by atoms with Gasteiger partial charge < -0.3 is 0 Å². The molecule has 2 aromatic rings. The van der Waals surface area contributed by atoms with Gasteiger partial charge in [0.1, 0.15) is 6.54 Å². The molecular weight excluding hydrogens is 234 g/mol. The lowest BCUT2D eigenvalue weighted by atomic mass is 10.1. The molecule has 0 fully saturated rings. The number of benzene rings is 1. The SMILES string of the molecule is FC(F)(C/N=C/c1ccccc1)c1ccncc1. The molecule has 0 atom stereocenters. The number of nitrogens with zero attached hydrogens (tertiary/aromatic N) is 2. The van der Waals surface area contributed by atoms with Crippen LogP contribution in [0.25, 0.3) is 0 Å². The van der Waals surface area contributed by atoms with Crippen molar-refractivity contribution in [1.29, 1.82) is 0 Å². The summed E-state index contributed by atoms with van der Waals surface area (Å²) in [6, 6.07) is 11.8. The van der Waals surface area contributed by atoms with Crippen molar-refractivity contribution in [2.75, 3.05) is 6.54 Å². The third-order valence-electron chi connectivity index (χ3n) is 2.43. The van der Waals surface area contributed by atoms with Crippen molar-refractivity contribution in [2.24, 2.45) is 4.99 Å². The van der Waals surface area contributed by atoms with E-state index in [-0.39, 0.29) is 5.56 Å². The minimum atomic E-state index is -2.96. The second-order valence-electron chi connectivity index (χ2n) is 3.82. The zero-order chi connectivity index (χ0) is 12.8. The Balaban J connectivity index is 2.04. The first kappa shape index (κ1) is 12.4. The first-order chi connectivity index (χ1) is 8.68. The number of hydrogen-bond acceptors (Lipinski definition) is 2. The van der Waals surface area contributed by atoms with E-state index >= 15 is 0 Å². The molecule has 0 saturated heterocycles. The van der Waals surface area contributed by atoms with Crippen LogP contribution in [0.1, 0.15) is 11.1 Å². The molecule has 0 bridgehead atoms. The topological polar surface area (TPSA) is 25.2 Å². The molecule has 1 aromatic heterocycles. The van der Waals surface area contributed by atoms with Crippen LogP contribution >= 0.6 is 0 Å². The highest BCUT2D eigenvalue weighted by Crippen LogP contribution is 2.27. The van der Waals surface area contributed by atoms with Gasteiger partial charge in [-0.25, -0.2) is 0 Å². The molecule has 18 heavy (non-hydrogen) atoms. The molecule has 1 aromatic carbocycles. The van der Waals surface area contributed by atoms with Gasteiger partial charge in [0, 0.05) is 24.2 Å². The Bertz CT molecular complexity index is 510. The van der Waals surface area contributed by atoms with E-state index in [2.05, 4.69) is 9.98 Å². The standard InChI is InChI=1S/C14H12F2N2/c15-14(16,13-6-8-17-9-7-13)11-18-10-12-4-2-1-3-5-12/h1-10H,11H2/b18-10+. The fraction of sp³-hybridized carbons (Fsp3) is 0.143. The molecular formula is C14H12F2N2. The van der Waals surface area contributed by atoms with Gasteiger partial charge in [-0.15, -0.1) is 0 Å². The lowest BCUT2D eigenvalue weighted by Crippen LogP contribution is -2.17. The van der Waals surface area contributed by atoms with E-state index in [0.717, 1.165) is 5.56 Å². The minimum Gasteiger partial charge on any atom is -0.286 e. The Hall–Kier alpha value is -2.10. The molecule has 0 aliphatic carbocycles. The highest BCUT2D eigenvalue weighted by atomic mass is 19.3. The van der Waals surface area contributed by atoms with Crippen LogP contribution in [0.4, 0.5) is 8.78 Å². The lowest BCUT2D eigenvalue weighted by Gasteiger charge is -2.13. The maximum absolute atomic E-state index is 13.7. The summed E-state index contributed by atoms with van der Waals surface area (Å²) in [5.41, 5.74) is 0.741. The number of aliphatic imine (C=N–C) groups is 1. The van der Waals surface area contributed by atoms with Gasteiger partial charge in [-0.3, -0.25) is 9.98 Å². The molecule has 0 spiro atoms. The van der Waals surface area contributed by atoms with Crippen molar-refractivity contribution in [3.63, 3.8) is 0 Å². The molecule has 2 nitrogen and oxygen atoms in total. The number of halogens is 2. The third kappa shape index (κ3) is 3.20. The van der Waals surface area contributed by atoms with Gasteiger partial charge in [-0.05, 0) is 17.7 Å². The van der Waals surface area contributed by atoms with Crippen LogP contribution in [0, 0.1) is 0 Å². The van der Waals surface area contributed by atoms with E-state index in [1.54, 1.807) is 0 Å². The molecule has 2 rings (SSSR count). The largest absolute Gasteiger partial charge is 0.292 e. The molecule has 0 saturated carbocycles. The molecule has 1 heterocycles. The maximum Gasteiger partial charge on any atom is 0.292 e. The molecule has 0 aliphatic heterocycles. The monoisotopic (exact) mass is 246 g/mol. The van der Waals surface area contributed by atoms with Crippen molar-refractivity contribution in [2.45, 2.75) is 5.92 Å². The predicted molar refractivity (Wildman–Crippen MR) is 67.0 cm³/mol. The van der Waals surface area contributed by atoms with E-state index < -0.39 is 12.5 Å². The van der Waals surface area contributed by atoms with Gasteiger partial charge in [0.05, 0.1) is 0 Å². The number of rotatable bonds is 4. The zero-order valence-electron chi connectivity index (χ0n) is 9.63. The molecule has 0 radical (unpaired) electrons. The van der Waals surface area contributed by atoms with E-state index in [1.165, 1.54) is 30.7 Å². The molecule has 0 aliphatic rings. The van der Waals surface area contributed by atoms with E-state index in [4.69, 9.17) is 0 Å². The first-order valence-corrected chi connectivity index (χ1v) is 5.52. The Kier molecular flexibility index (Phi) is 3.77. The van der Waals surface area contributed by atoms with Gasteiger partial charge in [0.2, 0.25) is 0 Å². The summed E-state index contributed by atoms with van der Waals surface area (Å²) in [5, 5.41) is 0. The van der Waals surface area contributed by atoms with E-state index in [9.17, 15) is 8.78 Å². The zero-order valence-corrected chi connectivity index (χ0v) is 9.63. The van der Waals surface area contributed by atoms with Crippen LogP contribution < -0.4 is 0 Å². The van der Waals surface area contributed by atoms with Crippen LogP contribution in [0.2, 0.25) is 0 Å². The second-order valence-corrected chi connectivity index (χ2v) is 3.82. The summed E-state index contributed by atoms with van der Waals surface area (Å²) in [4.78, 5) is 7.51. The minimum absolute atomic E-state index is 0.0669. The van der Waals surface area contributed by atoms with Gasteiger partial charge in [-0.1, -0.05) is 30.3 Å². The van der Waals surface area contributed by atoms with Gasteiger partial charge in [-0.2, -0.15) is 8.78 Å². The Morgan fingerprint density at radius 3 is 2.39 bits per heavy atom. The number of alkyl halides is 2. The molecule has 0 unspecified atom stereocenters. The van der Waals surface area contributed by atoms with Crippen molar-refractivity contribution in [3.05, 3.63) is 66.0 Å². The van der Waals surface area contributed by atoms with Crippen LogP contribution in [0.15, 0.2) is 59.9 Å². The number of hydrogen-bond donors (Lipinski definition) is 0. The highest BCUT2D eigenvalue weighted by Gasteiger charge is 2.30. The fourth-order valence-electron chi connectivity index (χ4n) is 1.49. The summed E-state index contributed by atoms with van der Waals surface area (Å²) >= 11 is 0. The van der Waals surface area contributed by atoms with Crippen molar-refractivity contribution in [1.82, 2.24) is 4.98 Å². The van der Waals surface area contributed by atoms with Crippen LogP contribution in [0.3, 0.4) is 0 Å². The third-order valence-corrected chi connectivity index (χ3v) is 2.43. The van der Waals surface area contributed by atoms with Gasteiger partial charge in [0.25, 0.3) is 5.92 Å². The summed E-state index contributed by atoms with van der Waals surface area (Å²) in [6.07, 6.45) is 4.16. The molecule has 0 amide bonds. The molecule has 92 valence electrons. The van der Waals surface area contributed by atoms with Crippen LogP contribution in [-0.2, 0) is 5.92 Å². The van der Waals surface area contributed by atoms with Crippen molar-refractivity contribution in [3.8, 4) is 0 Å². The van der Waals surface area contributed by atoms with Crippen molar-refractivity contribution < 1.29 is 8.78 Å². The van der Waals surface area contributed by atoms with Gasteiger partial charge in [0.15, 0.2) is 0 Å². The Morgan fingerprint density at radius 1 is 1.06 bits per heavy atom. The Morgan fingerprint density at radius 2 is 1.72 bits per heavy atom. The van der Waals surface area contributed by atoms with Gasteiger partial charge >= 0.3 is 0 Å². The number of aromatic nitrogens is 1. The highest BCUT2D eigenvalue weighted by molar-refractivity contribution is 5.79. The lowest BCUT2D eigenvalue weighted by molar-refractivity contribution is 0.00660. The molecule has 4 heteroatoms. The molecule has 0 N–H and O–H groups in total. The van der Waals surface area contributed by atoms with E-state index in [0.29, 0.717) is 0 Å². The average molecular weight is 246 g/mol. The summed E-state index contributed by atoms with van der Waals surface area (Å²) in [6.45, 7) is -0.564.